The number of nitro benzene ring substituents is 1. The van der Waals surface area contributed by atoms with Crippen LogP contribution in [-0.4, -0.2) is 16.7 Å². The molecule has 0 saturated heterocycles. The van der Waals surface area contributed by atoms with Gasteiger partial charge in [0.25, 0.3) is 17.5 Å². The molecule has 0 heterocycles. The molecule has 0 aliphatic carbocycles. The van der Waals surface area contributed by atoms with Crippen molar-refractivity contribution in [2.45, 2.75) is 0 Å². The Morgan fingerprint density at radius 3 is 2.09 bits per heavy atom. The van der Waals surface area contributed by atoms with Crippen LogP contribution in [-0.2, 0) is 0 Å². The number of non-ortho nitro benzene ring substituents is 1. The van der Waals surface area contributed by atoms with Crippen LogP contribution in [0, 0.1) is 10.1 Å². The molecule has 0 bridgehead atoms. The third-order valence-corrected chi connectivity index (χ3v) is 3.47. The standard InChI is InChI=1S/C14H9Cl2N3O4/c15-11-4-2-1-3-9(11)13(20)17-18-14(21)10-7-8(19(22)23)5-6-12(10)16/h1-7H,(H,17,20)(H,18,21). The summed E-state index contributed by atoms with van der Waals surface area (Å²) in [5.74, 6) is -1.43. The summed E-state index contributed by atoms with van der Waals surface area (Å²) >= 11 is 11.7. The first-order valence-electron chi connectivity index (χ1n) is 6.19. The van der Waals surface area contributed by atoms with Crippen LogP contribution in [0.4, 0.5) is 5.69 Å². The SMILES string of the molecule is O=C(NNC(=O)c1cc([N+](=O)[O-])ccc1Cl)c1ccccc1Cl. The lowest BCUT2D eigenvalue weighted by Gasteiger charge is -2.09. The van der Waals surface area contributed by atoms with Crippen LogP contribution in [0.1, 0.15) is 20.7 Å². The van der Waals surface area contributed by atoms with Crippen LogP contribution in [0.3, 0.4) is 0 Å². The summed E-state index contributed by atoms with van der Waals surface area (Å²) in [6.07, 6.45) is 0. The molecule has 7 nitrogen and oxygen atoms in total. The van der Waals surface area contributed by atoms with Gasteiger partial charge in [-0.25, -0.2) is 0 Å². The van der Waals surface area contributed by atoms with Crippen LogP contribution in [0.15, 0.2) is 42.5 Å². The third kappa shape index (κ3) is 3.97. The quantitative estimate of drug-likeness (QED) is 0.654. The lowest BCUT2D eigenvalue weighted by Crippen LogP contribution is -2.41. The van der Waals surface area contributed by atoms with Crippen LogP contribution in [0.2, 0.25) is 10.0 Å². The van der Waals surface area contributed by atoms with Crippen molar-refractivity contribution in [2.75, 3.05) is 0 Å². The number of nitrogens with one attached hydrogen (secondary N) is 2. The Bertz CT molecular complexity index is 795. The number of nitro groups is 1. The first-order chi connectivity index (χ1) is 10.9. The third-order valence-electron chi connectivity index (χ3n) is 2.81. The van der Waals surface area contributed by atoms with Crippen molar-refractivity contribution >= 4 is 40.7 Å². The van der Waals surface area contributed by atoms with Crippen molar-refractivity contribution in [3.8, 4) is 0 Å². The number of nitrogens with zero attached hydrogens (tertiary/aromatic N) is 1. The number of amides is 2. The van der Waals surface area contributed by atoms with Crippen molar-refractivity contribution in [1.29, 1.82) is 0 Å². The number of halogens is 2. The van der Waals surface area contributed by atoms with Gasteiger partial charge >= 0.3 is 0 Å². The fourth-order valence-electron chi connectivity index (χ4n) is 1.69. The van der Waals surface area contributed by atoms with Gasteiger partial charge in [0.15, 0.2) is 0 Å². The molecule has 0 aliphatic rings. The maximum absolute atomic E-state index is 12.0. The number of benzene rings is 2. The normalized spacial score (nSPS) is 10.0. The highest BCUT2D eigenvalue weighted by atomic mass is 35.5. The van der Waals surface area contributed by atoms with E-state index in [1.165, 1.54) is 24.3 Å². The highest BCUT2D eigenvalue weighted by molar-refractivity contribution is 6.34. The molecule has 2 N–H and O–H groups in total. The zero-order valence-electron chi connectivity index (χ0n) is 11.4. The molecule has 0 unspecified atom stereocenters. The maximum atomic E-state index is 12.0. The monoisotopic (exact) mass is 353 g/mol. The zero-order valence-corrected chi connectivity index (χ0v) is 12.9. The molecule has 0 aromatic heterocycles. The lowest BCUT2D eigenvalue weighted by molar-refractivity contribution is -0.384. The van der Waals surface area contributed by atoms with Crippen LogP contribution >= 0.6 is 23.2 Å². The molecule has 118 valence electrons. The Hall–Kier alpha value is -2.64. The predicted molar refractivity (Wildman–Crippen MR) is 84.5 cm³/mol. The van der Waals surface area contributed by atoms with Crippen molar-refractivity contribution in [3.63, 3.8) is 0 Å². The lowest BCUT2D eigenvalue weighted by atomic mass is 10.2. The van der Waals surface area contributed by atoms with Gasteiger partial charge in [-0.15, -0.1) is 0 Å². The van der Waals surface area contributed by atoms with E-state index >= 15 is 0 Å². The van der Waals surface area contributed by atoms with Gasteiger partial charge in [0.1, 0.15) is 0 Å². The molecule has 0 atom stereocenters. The number of carbonyl (C=O) groups excluding carboxylic acids is 2. The summed E-state index contributed by atoms with van der Waals surface area (Å²) in [7, 11) is 0. The number of hydrogen-bond donors (Lipinski definition) is 2. The molecule has 2 rings (SSSR count). The minimum atomic E-state index is -0.792. The average Bonchev–Trinajstić information content (AvgIpc) is 2.53. The summed E-state index contributed by atoms with van der Waals surface area (Å²) in [6.45, 7) is 0. The van der Waals surface area contributed by atoms with E-state index in [2.05, 4.69) is 10.9 Å². The van der Waals surface area contributed by atoms with E-state index in [0.717, 1.165) is 6.07 Å². The van der Waals surface area contributed by atoms with Crippen LogP contribution in [0.5, 0.6) is 0 Å². The first-order valence-corrected chi connectivity index (χ1v) is 6.95. The van der Waals surface area contributed by atoms with Gasteiger partial charge < -0.3 is 0 Å². The molecule has 2 aromatic carbocycles. The smallest absolute Gasteiger partial charge is 0.267 e. The Kier molecular flexibility index (Phi) is 5.15. The molecule has 2 amide bonds. The van der Waals surface area contributed by atoms with E-state index in [9.17, 15) is 19.7 Å². The minimum Gasteiger partial charge on any atom is -0.267 e. The highest BCUT2D eigenvalue weighted by Crippen LogP contribution is 2.21. The van der Waals surface area contributed by atoms with Gasteiger partial charge in [-0.3, -0.25) is 30.6 Å². The van der Waals surface area contributed by atoms with Crippen LogP contribution in [0.25, 0.3) is 0 Å². The van der Waals surface area contributed by atoms with E-state index in [4.69, 9.17) is 23.2 Å². The highest BCUT2D eigenvalue weighted by Gasteiger charge is 2.17. The predicted octanol–water partition coefficient (Wildman–Crippen LogP) is 2.98. The second kappa shape index (κ2) is 7.08. The van der Waals surface area contributed by atoms with Crippen molar-refractivity contribution in [3.05, 3.63) is 73.8 Å². The van der Waals surface area contributed by atoms with E-state index < -0.39 is 16.7 Å². The van der Waals surface area contributed by atoms with E-state index in [-0.39, 0.29) is 26.9 Å². The van der Waals surface area contributed by atoms with Crippen molar-refractivity contribution in [2.24, 2.45) is 0 Å². The zero-order chi connectivity index (χ0) is 17.0. The van der Waals surface area contributed by atoms with Gasteiger partial charge in [-0.05, 0) is 18.2 Å². The van der Waals surface area contributed by atoms with Crippen molar-refractivity contribution < 1.29 is 14.5 Å². The summed E-state index contributed by atoms with van der Waals surface area (Å²) in [6, 6.07) is 9.67. The van der Waals surface area contributed by atoms with E-state index in [1.807, 2.05) is 0 Å². The summed E-state index contributed by atoms with van der Waals surface area (Å²) in [5.41, 5.74) is 4.02. The molecular weight excluding hydrogens is 345 g/mol. The molecule has 0 fully saturated rings. The molecule has 0 saturated carbocycles. The molecule has 0 spiro atoms. The fourth-order valence-corrected chi connectivity index (χ4v) is 2.12. The van der Waals surface area contributed by atoms with Crippen LogP contribution < -0.4 is 10.9 Å². The molecular formula is C14H9Cl2N3O4. The fraction of sp³-hybridized carbons (Fsp3) is 0. The summed E-state index contributed by atoms with van der Waals surface area (Å²) < 4.78 is 0. The maximum Gasteiger partial charge on any atom is 0.271 e. The first kappa shape index (κ1) is 16.7. The number of hydrazine groups is 1. The Labute approximate surface area is 140 Å². The van der Waals surface area contributed by atoms with E-state index in [0.29, 0.717) is 0 Å². The van der Waals surface area contributed by atoms with Gasteiger partial charge in [0.05, 0.1) is 26.1 Å². The van der Waals surface area contributed by atoms with Gasteiger partial charge in [-0.1, -0.05) is 35.3 Å². The largest absolute Gasteiger partial charge is 0.271 e. The van der Waals surface area contributed by atoms with Gasteiger partial charge in [0.2, 0.25) is 0 Å². The summed E-state index contributed by atoms with van der Waals surface area (Å²) in [4.78, 5) is 34.0. The minimum absolute atomic E-state index is 0.0140. The average molecular weight is 354 g/mol. The van der Waals surface area contributed by atoms with E-state index in [1.54, 1.807) is 12.1 Å². The molecule has 0 aliphatic heterocycles. The molecule has 23 heavy (non-hydrogen) atoms. The number of hydrogen-bond acceptors (Lipinski definition) is 4. The van der Waals surface area contributed by atoms with Gasteiger partial charge in [-0.2, -0.15) is 0 Å². The number of carbonyl (C=O) groups is 2. The Morgan fingerprint density at radius 1 is 0.913 bits per heavy atom. The van der Waals surface area contributed by atoms with Crippen molar-refractivity contribution in [1.82, 2.24) is 10.9 Å². The topological polar surface area (TPSA) is 101 Å². The second-order valence-corrected chi connectivity index (χ2v) is 5.12. The Balaban J connectivity index is 2.11. The Morgan fingerprint density at radius 2 is 1.48 bits per heavy atom. The molecule has 2 aromatic rings. The number of rotatable bonds is 3. The summed E-state index contributed by atoms with van der Waals surface area (Å²) in [5, 5.41) is 11.0. The van der Waals surface area contributed by atoms with Gasteiger partial charge in [0, 0.05) is 12.1 Å². The second-order valence-electron chi connectivity index (χ2n) is 4.31. The molecule has 9 heteroatoms. The molecule has 0 radical (unpaired) electrons.